The first-order chi connectivity index (χ1) is 14.1. The lowest BCUT2D eigenvalue weighted by Gasteiger charge is -2.06. The van der Waals surface area contributed by atoms with E-state index in [0.29, 0.717) is 34.8 Å². The zero-order valence-corrected chi connectivity index (χ0v) is 16.5. The Morgan fingerprint density at radius 3 is 2.76 bits per heavy atom. The van der Waals surface area contributed by atoms with E-state index >= 15 is 0 Å². The molecule has 0 fully saturated rings. The van der Waals surface area contributed by atoms with E-state index in [1.807, 2.05) is 12.3 Å². The van der Waals surface area contributed by atoms with Crippen LogP contribution in [-0.2, 0) is 12.2 Å². The Balaban J connectivity index is 1.39. The highest BCUT2D eigenvalue weighted by Crippen LogP contribution is 2.23. The van der Waals surface area contributed by atoms with Crippen molar-refractivity contribution in [2.45, 2.75) is 30.9 Å². The molecule has 0 bridgehead atoms. The van der Waals surface area contributed by atoms with E-state index in [2.05, 4.69) is 35.4 Å². The SMILES string of the molecule is Cc1nc(Cc2nnc(SCc3nnnn3-c3ccc(OC(F)F)cc3)o2)cs1. The van der Waals surface area contributed by atoms with Crippen molar-refractivity contribution in [3.05, 3.63) is 52.1 Å². The quantitative estimate of drug-likeness (QED) is 0.384. The van der Waals surface area contributed by atoms with E-state index in [-0.39, 0.29) is 5.75 Å². The Morgan fingerprint density at radius 1 is 1.21 bits per heavy atom. The Bertz CT molecular complexity index is 1080. The van der Waals surface area contributed by atoms with Gasteiger partial charge >= 0.3 is 6.61 Å². The molecule has 29 heavy (non-hydrogen) atoms. The van der Waals surface area contributed by atoms with Gasteiger partial charge in [-0.2, -0.15) is 13.5 Å². The van der Waals surface area contributed by atoms with Gasteiger partial charge < -0.3 is 9.15 Å². The predicted molar refractivity (Wildman–Crippen MR) is 99.3 cm³/mol. The highest BCUT2D eigenvalue weighted by atomic mass is 32.2. The van der Waals surface area contributed by atoms with E-state index in [1.165, 1.54) is 28.6 Å². The van der Waals surface area contributed by atoms with Crippen LogP contribution in [0.2, 0.25) is 0 Å². The largest absolute Gasteiger partial charge is 0.435 e. The molecule has 0 saturated heterocycles. The minimum absolute atomic E-state index is 0.0569. The minimum Gasteiger partial charge on any atom is -0.435 e. The van der Waals surface area contributed by atoms with Gasteiger partial charge in [-0.25, -0.2) is 4.98 Å². The predicted octanol–water partition coefficient (Wildman–Crippen LogP) is 3.29. The number of nitrogens with zero attached hydrogens (tertiary/aromatic N) is 7. The number of tetrazole rings is 1. The second-order valence-electron chi connectivity index (χ2n) is 5.66. The average molecular weight is 437 g/mol. The number of thiazole rings is 1. The van der Waals surface area contributed by atoms with Gasteiger partial charge in [0.25, 0.3) is 5.22 Å². The van der Waals surface area contributed by atoms with Crippen LogP contribution in [0, 0.1) is 6.92 Å². The van der Waals surface area contributed by atoms with Gasteiger partial charge in [0.05, 0.1) is 28.6 Å². The van der Waals surface area contributed by atoms with Gasteiger partial charge in [0, 0.05) is 5.38 Å². The van der Waals surface area contributed by atoms with Gasteiger partial charge in [-0.15, -0.1) is 26.6 Å². The molecule has 1 aromatic carbocycles. The van der Waals surface area contributed by atoms with Crippen LogP contribution in [0.25, 0.3) is 5.69 Å². The van der Waals surface area contributed by atoms with Crippen molar-refractivity contribution in [2.24, 2.45) is 0 Å². The van der Waals surface area contributed by atoms with Crippen molar-refractivity contribution >= 4 is 23.1 Å². The molecule has 150 valence electrons. The lowest BCUT2D eigenvalue weighted by molar-refractivity contribution is -0.0498. The standard InChI is InChI=1S/C16H13F2N7O2S2/c1-9-19-10(7-28-9)6-14-21-22-16(27-14)29-8-13-20-23-24-25(13)11-2-4-12(5-3-11)26-15(17)18/h2-5,7,15H,6,8H2,1H3. The molecular weight excluding hydrogens is 424 g/mol. The lowest BCUT2D eigenvalue weighted by Crippen LogP contribution is -2.04. The van der Waals surface area contributed by atoms with Crippen LogP contribution in [0.4, 0.5) is 8.78 Å². The highest BCUT2D eigenvalue weighted by molar-refractivity contribution is 7.98. The smallest absolute Gasteiger partial charge is 0.387 e. The maximum absolute atomic E-state index is 12.3. The molecule has 0 aliphatic rings. The zero-order chi connectivity index (χ0) is 20.2. The third-order valence-electron chi connectivity index (χ3n) is 3.61. The number of hydrogen-bond acceptors (Lipinski definition) is 10. The second-order valence-corrected chi connectivity index (χ2v) is 7.65. The number of rotatable bonds is 8. The van der Waals surface area contributed by atoms with Crippen molar-refractivity contribution in [2.75, 3.05) is 0 Å². The Morgan fingerprint density at radius 2 is 2.03 bits per heavy atom. The molecule has 9 nitrogen and oxygen atoms in total. The van der Waals surface area contributed by atoms with Crippen LogP contribution in [0.1, 0.15) is 22.4 Å². The normalized spacial score (nSPS) is 11.3. The summed E-state index contributed by atoms with van der Waals surface area (Å²) in [5, 5.41) is 23.0. The lowest BCUT2D eigenvalue weighted by atomic mass is 10.3. The number of hydrogen-bond donors (Lipinski definition) is 0. The monoisotopic (exact) mass is 437 g/mol. The Hall–Kier alpha value is -2.93. The van der Waals surface area contributed by atoms with Gasteiger partial charge in [-0.1, -0.05) is 11.8 Å². The fraction of sp³-hybridized carbons (Fsp3) is 0.250. The molecule has 0 N–H and O–H groups in total. The number of benzene rings is 1. The van der Waals surface area contributed by atoms with E-state index in [9.17, 15) is 8.78 Å². The van der Waals surface area contributed by atoms with Gasteiger partial charge in [-0.05, 0) is 41.6 Å². The molecule has 13 heteroatoms. The molecular formula is C16H13F2N7O2S2. The van der Waals surface area contributed by atoms with Crippen LogP contribution in [0.3, 0.4) is 0 Å². The molecule has 4 rings (SSSR count). The molecule has 0 spiro atoms. The Kier molecular flexibility index (Phi) is 5.76. The molecule has 4 aromatic rings. The molecule has 0 amide bonds. The second kappa shape index (κ2) is 8.61. The molecule has 0 radical (unpaired) electrons. The third-order valence-corrected chi connectivity index (χ3v) is 5.25. The molecule has 0 saturated carbocycles. The van der Waals surface area contributed by atoms with Crippen molar-refractivity contribution in [3.63, 3.8) is 0 Å². The van der Waals surface area contributed by atoms with Crippen LogP contribution >= 0.6 is 23.1 Å². The number of alkyl halides is 2. The van der Waals surface area contributed by atoms with Crippen molar-refractivity contribution < 1.29 is 17.9 Å². The average Bonchev–Trinajstić information content (AvgIpc) is 3.42. The molecule has 3 heterocycles. The molecule has 0 atom stereocenters. The van der Waals surface area contributed by atoms with E-state index in [0.717, 1.165) is 10.7 Å². The summed E-state index contributed by atoms with van der Waals surface area (Å²) in [7, 11) is 0. The van der Waals surface area contributed by atoms with Crippen molar-refractivity contribution in [1.82, 2.24) is 35.4 Å². The van der Waals surface area contributed by atoms with Crippen LogP contribution in [-0.4, -0.2) is 42.0 Å². The first-order valence-corrected chi connectivity index (χ1v) is 10.1. The number of aromatic nitrogens is 7. The van der Waals surface area contributed by atoms with E-state index < -0.39 is 6.61 Å². The summed E-state index contributed by atoms with van der Waals surface area (Å²) in [6.45, 7) is -0.938. The summed E-state index contributed by atoms with van der Waals surface area (Å²) >= 11 is 2.86. The summed E-state index contributed by atoms with van der Waals surface area (Å²) < 4.78 is 36.0. The highest BCUT2D eigenvalue weighted by Gasteiger charge is 2.14. The minimum atomic E-state index is -2.88. The molecule has 0 aliphatic carbocycles. The third kappa shape index (κ3) is 4.92. The van der Waals surface area contributed by atoms with Gasteiger partial charge in [0.1, 0.15) is 5.75 Å². The van der Waals surface area contributed by atoms with Crippen LogP contribution < -0.4 is 4.74 Å². The summed E-state index contributed by atoms with van der Waals surface area (Å²) in [5.74, 6) is 1.44. The molecule has 0 aliphatic heterocycles. The summed E-state index contributed by atoms with van der Waals surface area (Å²) in [6, 6.07) is 6.01. The number of ether oxygens (including phenoxy) is 1. The van der Waals surface area contributed by atoms with Crippen LogP contribution in [0.15, 0.2) is 39.3 Å². The topological polar surface area (TPSA) is 105 Å². The molecule has 0 unspecified atom stereocenters. The maximum Gasteiger partial charge on any atom is 0.387 e. The number of thioether (sulfide) groups is 1. The number of halogens is 2. The van der Waals surface area contributed by atoms with Crippen molar-refractivity contribution in [3.8, 4) is 11.4 Å². The fourth-order valence-electron chi connectivity index (χ4n) is 2.40. The fourth-order valence-corrected chi connectivity index (χ4v) is 3.70. The Labute approximate surface area is 171 Å². The summed E-state index contributed by atoms with van der Waals surface area (Å²) in [5.41, 5.74) is 1.49. The summed E-state index contributed by atoms with van der Waals surface area (Å²) in [4.78, 5) is 4.37. The van der Waals surface area contributed by atoms with Gasteiger partial charge in [0.2, 0.25) is 5.89 Å². The number of aryl methyl sites for hydroxylation is 1. The van der Waals surface area contributed by atoms with E-state index in [1.54, 1.807) is 23.5 Å². The van der Waals surface area contributed by atoms with Crippen molar-refractivity contribution in [1.29, 1.82) is 0 Å². The van der Waals surface area contributed by atoms with E-state index in [4.69, 9.17) is 4.42 Å². The molecule has 3 aromatic heterocycles. The summed E-state index contributed by atoms with van der Waals surface area (Å²) in [6.07, 6.45) is 0.475. The zero-order valence-electron chi connectivity index (χ0n) is 14.9. The first-order valence-electron chi connectivity index (χ1n) is 8.25. The first kappa shape index (κ1) is 19.4. The van der Waals surface area contributed by atoms with Gasteiger partial charge in [0.15, 0.2) is 5.82 Å². The van der Waals surface area contributed by atoms with Crippen LogP contribution in [0.5, 0.6) is 5.75 Å². The van der Waals surface area contributed by atoms with Gasteiger partial charge in [-0.3, -0.25) is 0 Å². The maximum atomic E-state index is 12.3.